The molecular weight excluding hydrogens is 228 g/mol. The number of rotatable bonds is 2. The zero-order valence-corrected chi connectivity index (χ0v) is 11.2. The van der Waals surface area contributed by atoms with Gasteiger partial charge in [0, 0.05) is 12.4 Å². The maximum atomic E-state index is 11.7. The summed E-state index contributed by atoms with van der Waals surface area (Å²) in [4.78, 5) is 16.1. The number of carbonyl (C=O) groups excluding carboxylic acids is 1. The van der Waals surface area contributed by atoms with E-state index < -0.39 is 5.60 Å². The Morgan fingerprint density at radius 1 is 1.33 bits per heavy atom. The van der Waals surface area contributed by atoms with Gasteiger partial charge in [0.25, 0.3) is 0 Å². The van der Waals surface area contributed by atoms with Crippen LogP contribution >= 0.6 is 0 Å². The summed E-state index contributed by atoms with van der Waals surface area (Å²) in [6.45, 7) is 7.60. The highest BCUT2D eigenvalue weighted by Crippen LogP contribution is 2.11. The topological polar surface area (TPSA) is 43.6 Å². The monoisotopic (exact) mass is 246 g/mol. The van der Waals surface area contributed by atoms with Gasteiger partial charge < -0.3 is 9.14 Å². The van der Waals surface area contributed by atoms with Crippen molar-refractivity contribution in [2.24, 2.45) is 0 Å². The first-order valence-corrected chi connectivity index (χ1v) is 5.99. The largest absolute Gasteiger partial charge is 0.460 e. The second-order valence-corrected chi connectivity index (χ2v) is 5.47. The quantitative estimate of drug-likeness (QED) is 0.765. The minimum atomic E-state index is -0.452. The molecule has 0 aromatic carbocycles. The molecule has 18 heavy (non-hydrogen) atoms. The molecule has 0 bridgehead atoms. The maximum Gasteiger partial charge on any atom is 0.312 e. The number of fused-ring (bicyclic) bond motifs is 1. The van der Waals surface area contributed by atoms with Crippen LogP contribution in [0.5, 0.6) is 0 Å². The van der Waals surface area contributed by atoms with E-state index in [9.17, 15) is 4.79 Å². The van der Waals surface area contributed by atoms with E-state index in [0.717, 1.165) is 16.9 Å². The predicted molar refractivity (Wildman–Crippen MR) is 69.5 cm³/mol. The highest BCUT2D eigenvalue weighted by Gasteiger charge is 2.17. The lowest BCUT2D eigenvalue weighted by atomic mass is 10.2. The van der Waals surface area contributed by atoms with Gasteiger partial charge in [0.2, 0.25) is 0 Å². The van der Waals surface area contributed by atoms with Crippen LogP contribution in [-0.4, -0.2) is 21.0 Å². The molecule has 2 rings (SSSR count). The lowest BCUT2D eigenvalue weighted by Crippen LogP contribution is -2.24. The minimum Gasteiger partial charge on any atom is -0.460 e. The van der Waals surface area contributed by atoms with Gasteiger partial charge >= 0.3 is 5.97 Å². The van der Waals surface area contributed by atoms with Crippen molar-refractivity contribution in [1.29, 1.82) is 0 Å². The number of ether oxygens (including phenoxy) is 1. The van der Waals surface area contributed by atoms with Crippen molar-refractivity contribution in [3.8, 4) is 0 Å². The molecule has 0 amide bonds. The Morgan fingerprint density at radius 3 is 2.72 bits per heavy atom. The van der Waals surface area contributed by atoms with Gasteiger partial charge in [-0.1, -0.05) is 6.07 Å². The van der Waals surface area contributed by atoms with Crippen LogP contribution in [0, 0.1) is 6.92 Å². The Balaban J connectivity index is 2.15. The minimum absolute atomic E-state index is 0.206. The van der Waals surface area contributed by atoms with Crippen molar-refractivity contribution in [3.05, 3.63) is 35.8 Å². The summed E-state index contributed by atoms with van der Waals surface area (Å²) in [5.74, 6) is -0.248. The fourth-order valence-corrected chi connectivity index (χ4v) is 1.77. The van der Waals surface area contributed by atoms with Gasteiger partial charge in [0.15, 0.2) is 0 Å². The van der Waals surface area contributed by atoms with E-state index in [0.29, 0.717) is 0 Å². The van der Waals surface area contributed by atoms with Gasteiger partial charge in [0.1, 0.15) is 11.2 Å². The second kappa shape index (κ2) is 4.44. The number of carbonyl (C=O) groups is 1. The first-order valence-electron chi connectivity index (χ1n) is 5.99. The Kier molecular flexibility index (Phi) is 3.11. The smallest absolute Gasteiger partial charge is 0.312 e. The van der Waals surface area contributed by atoms with Crippen molar-refractivity contribution in [1.82, 2.24) is 9.38 Å². The number of aryl methyl sites for hydroxylation is 1. The molecule has 2 aromatic heterocycles. The van der Waals surface area contributed by atoms with Crippen LogP contribution in [0.2, 0.25) is 0 Å². The van der Waals surface area contributed by atoms with Crippen molar-refractivity contribution in [3.63, 3.8) is 0 Å². The highest BCUT2D eigenvalue weighted by atomic mass is 16.6. The standard InChI is InChI=1S/C14H18N2O2/c1-10-5-6-12-15-11(9-16(12)8-10)7-13(17)18-14(2,3)4/h5-6,8-9H,7H2,1-4H3. The van der Waals surface area contributed by atoms with E-state index in [1.807, 2.05) is 56.6 Å². The number of nitrogens with zero attached hydrogens (tertiary/aromatic N) is 2. The van der Waals surface area contributed by atoms with Crippen LogP contribution in [-0.2, 0) is 16.0 Å². The maximum absolute atomic E-state index is 11.7. The molecule has 2 heterocycles. The molecule has 4 nitrogen and oxygen atoms in total. The zero-order chi connectivity index (χ0) is 13.3. The van der Waals surface area contributed by atoms with Gasteiger partial charge in [-0.3, -0.25) is 4.79 Å². The van der Waals surface area contributed by atoms with Crippen LogP contribution < -0.4 is 0 Å². The van der Waals surface area contributed by atoms with Crippen molar-refractivity contribution >= 4 is 11.6 Å². The summed E-state index contributed by atoms with van der Waals surface area (Å²) in [6, 6.07) is 3.94. The SMILES string of the molecule is Cc1ccc2nc(CC(=O)OC(C)(C)C)cn2c1. The van der Waals surface area contributed by atoms with Crippen LogP contribution in [0.25, 0.3) is 5.65 Å². The molecule has 0 aliphatic carbocycles. The predicted octanol–water partition coefficient (Wildman–Crippen LogP) is 2.53. The van der Waals surface area contributed by atoms with E-state index in [1.54, 1.807) is 0 Å². The summed E-state index contributed by atoms with van der Waals surface area (Å²) < 4.78 is 7.20. The lowest BCUT2D eigenvalue weighted by molar-refractivity contribution is -0.153. The third-order valence-corrected chi connectivity index (χ3v) is 2.39. The number of pyridine rings is 1. The molecule has 0 spiro atoms. The summed E-state index contributed by atoms with van der Waals surface area (Å²) in [7, 11) is 0. The molecule has 0 fully saturated rings. The Bertz CT molecular complexity index is 579. The zero-order valence-electron chi connectivity index (χ0n) is 11.2. The molecule has 0 saturated heterocycles. The molecule has 0 atom stereocenters. The van der Waals surface area contributed by atoms with Crippen molar-refractivity contribution < 1.29 is 9.53 Å². The van der Waals surface area contributed by atoms with E-state index >= 15 is 0 Å². The van der Waals surface area contributed by atoms with Crippen LogP contribution in [0.1, 0.15) is 32.0 Å². The summed E-state index contributed by atoms with van der Waals surface area (Å²) in [6.07, 6.45) is 4.06. The molecule has 4 heteroatoms. The second-order valence-electron chi connectivity index (χ2n) is 5.47. The molecule has 0 saturated carbocycles. The number of esters is 1. The first kappa shape index (κ1) is 12.6. The molecule has 0 radical (unpaired) electrons. The summed E-state index contributed by atoms with van der Waals surface area (Å²) >= 11 is 0. The molecule has 2 aromatic rings. The molecule has 96 valence electrons. The third kappa shape index (κ3) is 3.09. The normalized spacial score (nSPS) is 11.8. The average molecular weight is 246 g/mol. The van der Waals surface area contributed by atoms with Crippen LogP contribution in [0.15, 0.2) is 24.5 Å². The van der Waals surface area contributed by atoms with E-state index in [4.69, 9.17) is 4.74 Å². The fraction of sp³-hybridized carbons (Fsp3) is 0.429. The van der Waals surface area contributed by atoms with Crippen LogP contribution in [0.3, 0.4) is 0 Å². The lowest BCUT2D eigenvalue weighted by Gasteiger charge is -2.18. The average Bonchev–Trinajstić information content (AvgIpc) is 2.55. The van der Waals surface area contributed by atoms with Gasteiger partial charge in [0.05, 0.1) is 12.1 Å². The van der Waals surface area contributed by atoms with Crippen LogP contribution in [0.4, 0.5) is 0 Å². The molecule has 0 aliphatic heterocycles. The van der Waals surface area contributed by atoms with Gasteiger partial charge in [-0.05, 0) is 39.3 Å². The first-order chi connectivity index (χ1) is 8.33. The fourth-order valence-electron chi connectivity index (χ4n) is 1.77. The Hall–Kier alpha value is -1.84. The van der Waals surface area contributed by atoms with Gasteiger partial charge in [-0.25, -0.2) is 4.98 Å². The third-order valence-electron chi connectivity index (χ3n) is 2.39. The summed E-state index contributed by atoms with van der Waals surface area (Å²) in [5, 5.41) is 0. The molecular formula is C14H18N2O2. The van der Waals surface area contributed by atoms with Gasteiger partial charge in [-0.2, -0.15) is 0 Å². The number of imidazole rings is 1. The van der Waals surface area contributed by atoms with E-state index in [2.05, 4.69) is 4.98 Å². The molecule has 0 N–H and O–H groups in total. The molecule has 0 unspecified atom stereocenters. The van der Waals surface area contributed by atoms with Crippen molar-refractivity contribution in [2.45, 2.75) is 39.7 Å². The van der Waals surface area contributed by atoms with E-state index in [-0.39, 0.29) is 12.4 Å². The Labute approximate surface area is 107 Å². The van der Waals surface area contributed by atoms with Gasteiger partial charge in [-0.15, -0.1) is 0 Å². The highest BCUT2D eigenvalue weighted by molar-refractivity contribution is 5.72. The Morgan fingerprint density at radius 2 is 2.06 bits per heavy atom. The summed E-state index contributed by atoms with van der Waals surface area (Å²) in [5.41, 5.74) is 2.28. The number of aromatic nitrogens is 2. The number of hydrogen-bond acceptors (Lipinski definition) is 3. The van der Waals surface area contributed by atoms with Crippen molar-refractivity contribution in [2.75, 3.05) is 0 Å². The van der Waals surface area contributed by atoms with E-state index in [1.165, 1.54) is 0 Å². The molecule has 0 aliphatic rings. The number of hydrogen-bond donors (Lipinski definition) is 0.